The number of carbonyl (C=O) groups is 1. The second-order valence-electron chi connectivity index (χ2n) is 5.11. The predicted molar refractivity (Wildman–Crippen MR) is 77.6 cm³/mol. The van der Waals surface area contributed by atoms with E-state index in [9.17, 15) is 9.90 Å². The van der Waals surface area contributed by atoms with Crippen LogP contribution in [0.2, 0.25) is 0 Å². The van der Waals surface area contributed by atoms with E-state index in [2.05, 4.69) is 4.98 Å². The second kappa shape index (κ2) is 5.44. The highest BCUT2D eigenvalue weighted by Crippen LogP contribution is 2.29. The van der Waals surface area contributed by atoms with Crippen LogP contribution in [-0.4, -0.2) is 16.0 Å². The number of nitrogens with two attached hydrogens (primary N) is 1. The Morgan fingerprint density at radius 2 is 1.90 bits per heavy atom. The number of aromatic hydroxyl groups is 1. The van der Waals surface area contributed by atoms with Gasteiger partial charge in [-0.25, -0.2) is 4.98 Å². The molecule has 5 nitrogen and oxygen atoms in total. The molecule has 0 saturated heterocycles. The SMILES string of the molecule is NC(=O)c1cc2c(nc1Oc1ccc(O)cc1)CCCC2. The first-order valence-electron chi connectivity index (χ1n) is 6.93. The minimum Gasteiger partial charge on any atom is -0.508 e. The predicted octanol–water partition coefficient (Wildman–Crippen LogP) is 2.56. The summed E-state index contributed by atoms with van der Waals surface area (Å²) in [6.07, 6.45) is 4.00. The number of phenols is 1. The molecule has 21 heavy (non-hydrogen) atoms. The number of benzene rings is 1. The molecule has 5 heteroatoms. The summed E-state index contributed by atoms with van der Waals surface area (Å²) in [6, 6.07) is 8.04. The van der Waals surface area contributed by atoms with Gasteiger partial charge in [-0.05, 0) is 61.6 Å². The molecule has 108 valence electrons. The Bertz CT molecular complexity index is 681. The van der Waals surface area contributed by atoms with Crippen molar-refractivity contribution in [3.05, 3.63) is 47.2 Å². The van der Waals surface area contributed by atoms with Crippen molar-refractivity contribution >= 4 is 5.91 Å². The summed E-state index contributed by atoms with van der Waals surface area (Å²) in [4.78, 5) is 16.1. The molecule has 0 spiro atoms. The van der Waals surface area contributed by atoms with E-state index in [1.165, 1.54) is 12.1 Å². The van der Waals surface area contributed by atoms with E-state index in [0.717, 1.165) is 36.9 Å². The van der Waals surface area contributed by atoms with Gasteiger partial charge in [0.15, 0.2) is 0 Å². The molecule has 0 fully saturated rings. The Morgan fingerprint density at radius 1 is 1.19 bits per heavy atom. The topological polar surface area (TPSA) is 85.4 Å². The van der Waals surface area contributed by atoms with E-state index in [-0.39, 0.29) is 11.6 Å². The number of phenolic OH excluding ortho intramolecular Hbond substituents is 1. The number of pyridine rings is 1. The summed E-state index contributed by atoms with van der Waals surface area (Å²) in [5, 5.41) is 9.28. The minimum atomic E-state index is -0.551. The first-order valence-corrected chi connectivity index (χ1v) is 6.93. The van der Waals surface area contributed by atoms with Gasteiger partial charge < -0.3 is 15.6 Å². The quantitative estimate of drug-likeness (QED) is 0.907. The average molecular weight is 284 g/mol. The monoisotopic (exact) mass is 284 g/mol. The Morgan fingerprint density at radius 3 is 2.62 bits per heavy atom. The maximum absolute atomic E-state index is 11.6. The molecule has 0 radical (unpaired) electrons. The minimum absolute atomic E-state index is 0.149. The molecule has 3 N–H and O–H groups in total. The van der Waals surface area contributed by atoms with Crippen molar-refractivity contribution in [1.29, 1.82) is 0 Å². The maximum Gasteiger partial charge on any atom is 0.254 e. The first-order chi connectivity index (χ1) is 10.1. The highest BCUT2D eigenvalue weighted by atomic mass is 16.5. The molecule has 2 aromatic rings. The van der Waals surface area contributed by atoms with Crippen molar-refractivity contribution in [3.63, 3.8) is 0 Å². The summed E-state index contributed by atoms with van der Waals surface area (Å²) in [5.41, 5.74) is 7.77. The van der Waals surface area contributed by atoms with Crippen molar-refractivity contribution < 1.29 is 14.6 Å². The van der Waals surface area contributed by atoms with Crippen LogP contribution in [0, 0.1) is 0 Å². The van der Waals surface area contributed by atoms with Gasteiger partial charge in [-0.1, -0.05) is 0 Å². The van der Waals surface area contributed by atoms with Crippen LogP contribution in [0.3, 0.4) is 0 Å². The van der Waals surface area contributed by atoms with Crippen LogP contribution in [-0.2, 0) is 12.8 Å². The molecular weight excluding hydrogens is 268 g/mol. The molecule has 1 aliphatic rings. The van der Waals surface area contributed by atoms with E-state index in [1.54, 1.807) is 18.2 Å². The molecule has 0 aliphatic heterocycles. The number of hydrogen-bond acceptors (Lipinski definition) is 4. The van der Waals surface area contributed by atoms with Crippen molar-refractivity contribution in [2.45, 2.75) is 25.7 Å². The Labute approximate surface area is 122 Å². The van der Waals surface area contributed by atoms with Crippen LogP contribution in [0.5, 0.6) is 17.4 Å². The number of nitrogens with zero attached hydrogens (tertiary/aromatic N) is 1. The average Bonchev–Trinajstić information content (AvgIpc) is 2.48. The molecule has 1 heterocycles. The molecule has 1 aromatic heterocycles. The smallest absolute Gasteiger partial charge is 0.254 e. The van der Waals surface area contributed by atoms with Crippen LogP contribution in [0.25, 0.3) is 0 Å². The lowest BCUT2D eigenvalue weighted by Crippen LogP contribution is -2.16. The van der Waals surface area contributed by atoms with Crippen LogP contribution >= 0.6 is 0 Å². The van der Waals surface area contributed by atoms with Gasteiger partial charge in [-0.2, -0.15) is 0 Å². The fourth-order valence-electron chi connectivity index (χ4n) is 2.49. The summed E-state index contributed by atoms with van der Waals surface area (Å²) in [5.74, 6) is 0.327. The highest BCUT2D eigenvalue weighted by molar-refractivity contribution is 5.95. The number of amides is 1. The molecule has 1 aliphatic carbocycles. The van der Waals surface area contributed by atoms with Gasteiger partial charge in [0.1, 0.15) is 17.1 Å². The van der Waals surface area contributed by atoms with E-state index in [1.807, 2.05) is 0 Å². The first kappa shape index (κ1) is 13.4. The van der Waals surface area contributed by atoms with Crippen molar-refractivity contribution in [3.8, 4) is 17.4 Å². The third-order valence-corrected chi connectivity index (χ3v) is 3.58. The van der Waals surface area contributed by atoms with Crippen molar-refractivity contribution in [2.24, 2.45) is 5.73 Å². The molecule has 3 rings (SSSR count). The van der Waals surface area contributed by atoms with Gasteiger partial charge in [-0.15, -0.1) is 0 Å². The van der Waals surface area contributed by atoms with Crippen LogP contribution in [0.4, 0.5) is 0 Å². The third-order valence-electron chi connectivity index (χ3n) is 3.58. The van der Waals surface area contributed by atoms with E-state index >= 15 is 0 Å². The van der Waals surface area contributed by atoms with E-state index < -0.39 is 5.91 Å². The molecule has 0 unspecified atom stereocenters. The Balaban J connectivity index is 1.99. The number of ether oxygens (including phenoxy) is 1. The Kier molecular flexibility index (Phi) is 3.48. The fraction of sp³-hybridized carbons (Fsp3) is 0.250. The standard InChI is InChI=1S/C16H16N2O3/c17-15(20)13-9-10-3-1-2-4-14(10)18-16(13)21-12-7-5-11(19)6-8-12/h5-9,19H,1-4H2,(H2,17,20). The molecule has 1 amide bonds. The lowest BCUT2D eigenvalue weighted by atomic mass is 9.95. The van der Waals surface area contributed by atoms with Gasteiger partial charge in [-0.3, -0.25) is 4.79 Å². The summed E-state index contributed by atoms with van der Waals surface area (Å²) >= 11 is 0. The van der Waals surface area contributed by atoms with Crippen LogP contribution in [0.1, 0.15) is 34.5 Å². The molecule has 0 saturated carbocycles. The lowest BCUT2D eigenvalue weighted by Gasteiger charge is -2.17. The number of carbonyl (C=O) groups excluding carboxylic acids is 1. The second-order valence-corrected chi connectivity index (χ2v) is 5.11. The number of fused-ring (bicyclic) bond motifs is 1. The summed E-state index contributed by atoms with van der Waals surface area (Å²) in [6.45, 7) is 0. The largest absolute Gasteiger partial charge is 0.508 e. The fourth-order valence-corrected chi connectivity index (χ4v) is 2.49. The van der Waals surface area contributed by atoms with Gasteiger partial charge in [0.05, 0.1) is 0 Å². The Hall–Kier alpha value is -2.56. The zero-order valence-corrected chi connectivity index (χ0v) is 11.5. The summed E-state index contributed by atoms with van der Waals surface area (Å²) < 4.78 is 5.67. The number of rotatable bonds is 3. The highest BCUT2D eigenvalue weighted by Gasteiger charge is 2.19. The summed E-state index contributed by atoms with van der Waals surface area (Å²) in [7, 11) is 0. The van der Waals surface area contributed by atoms with Crippen molar-refractivity contribution in [1.82, 2.24) is 4.98 Å². The molecule has 0 atom stereocenters. The van der Waals surface area contributed by atoms with Gasteiger partial charge in [0, 0.05) is 5.69 Å². The zero-order chi connectivity index (χ0) is 14.8. The normalized spacial score (nSPS) is 13.5. The molecule has 0 bridgehead atoms. The maximum atomic E-state index is 11.6. The third kappa shape index (κ3) is 2.81. The lowest BCUT2D eigenvalue weighted by molar-refractivity contribution is 0.0997. The van der Waals surface area contributed by atoms with Gasteiger partial charge in [0.25, 0.3) is 5.91 Å². The molecular formula is C16H16N2O3. The number of primary amides is 1. The molecule has 1 aromatic carbocycles. The number of hydrogen-bond donors (Lipinski definition) is 2. The van der Waals surface area contributed by atoms with Gasteiger partial charge in [0.2, 0.25) is 5.88 Å². The van der Waals surface area contributed by atoms with E-state index in [0.29, 0.717) is 11.3 Å². The van der Waals surface area contributed by atoms with E-state index in [4.69, 9.17) is 10.5 Å². The van der Waals surface area contributed by atoms with Crippen LogP contribution < -0.4 is 10.5 Å². The van der Waals surface area contributed by atoms with Crippen LogP contribution in [0.15, 0.2) is 30.3 Å². The number of aryl methyl sites for hydroxylation is 2. The number of aromatic nitrogens is 1. The zero-order valence-electron chi connectivity index (χ0n) is 11.5. The van der Waals surface area contributed by atoms with Gasteiger partial charge >= 0.3 is 0 Å². The van der Waals surface area contributed by atoms with Crippen molar-refractivity contribution in [2.75, 3.05) is 0 Å².